The zero-order valence-corrected chi connectivity index (χ0v) is 13.9. The summed E-state index contributed by atoms with van der Waals surface area (Å²) in [5, 5.41) is 22.4. The van der Waals surface area contributed by atoms with Crippen LogP contribution in [0.4, 0.5) is 11.4 Å². The van der Waals surface area contributed by atoms with Gasteiger partial charge in [-0.25, -0.2) is 4.79 Å². The first-order chi connectivity index (χ1) is 11.5. The molecule has 1 heterocycles. The quantitative estimate of drug-likeness (QED) is 0.537. The van der Waals surface area contributed by atoms with Gasteiger partial charge in [0.25, 0.3) is 0 Å². The van der Waals surface area contributed by atoms with E-state index >= 15 is 0 Å². The van der Waals surface area contributed by atoms with Crippen molar-refractivity contribution in [2.24, 2.45) is 0 Å². The first kappa shape index (κ1) is 16.0. The Labute approximate surface area is 145 Å². The van der Waals surface area contributed by atoms with Gasteiger partial charge in [0.15, 0.2) is 0 Å². The fourth-order valence-electron chi connectivity index (χ4n) is 2.24. The van der Waals surface area contributed by atoms with Crippen molar-refractivity contribution in [3.63, 3.8) is 0 Å². The van der Waals surface area contributed by atoms with Crippen molar-refractivity contribution < 1.29 is 14.7 Å². The number of carboxylic acid groups (broad SMARTS) is 1. The van der Waals surface area contributed by atoms with Gasteiger partial charge in [-0.05, 0) is 36.4 Å². The number of rotatable bonds is 5. The Balaban J connectivity index is 1.64. The highest BCUT2D eigenvalue weighted by molar-refractivity contribution is 9.10. The Morgan fingerprint density at radius 3 is 2.67 bits per heavy atom. The van der Waals surface area contributed by atoms with Crippen molar-refractivity contribution in [1.29, 1.82) is 0 Å². The average Bonchev–Trinajstić information content (AvgIpc) is 3.01. The molecule has 0 atom stereocenters. The Bertz CT molecular complexity index is 905. The smallest absolute Gasteiger partial charge is 0.335 e. The van der Waals surface area contributed by atoms with E-state index in [0.29, 0.717) is 5.69 Å². The lowest BCUT2D eigenvalue weighted by Gasteiger charge is -2.09. The number of aromatic carboxylic acids is 1. The second-order valence-electron chi connectivity index (χ2n) is 5.07. The van der Waals surface area contributed by atoms with E-state index < -0.39 is 5.97 Å². The molecule has 24 heavy (non-hydrogen) atoms. The van der Waals surface area contributed by atoms with E-state index in [1.807, 2.05) is 12.1 Å². The average molecular weight is 389 g/mol. The summed E-state index contributed by atoms with van der Waals surface area (Å²) in [6.45, 7) is 0.0669. The number of carbonyl (C=O) groups excluding carboxylic acids is 1. The van der Waals surface area contributed by atoms with Crippen molar-refractivity contribution in [3.8, 4) is 0 Å². The van der Waals surface area contributed by atoms with Crippen LogP contribution in [0.1, 0.15) is 10.4 Å². The number of halogens is 1. The monoisotopic (exact) mass is 388 g/mol. The number of fused-ring (bicyclic) bond motifs is 1. The van der Waals surface area contributed by atoms with Gasteiger partial charge < -0.3 is 15.7 Å². The number of benzene rings is 2. The van der Waals surface area contributed by atoms with Crippen molar-refractivity contribution in [1.82, 2.24) is 10.2 Å². The largest absolute Gasteiger partial charge is 0.478 e. The lowest BCUT2D eigenvalue weighted by Crippen LogP contribution is -2.21. The number of H-pyrrole nitrogens is 1. The van der Waals surface area contributed by atoms with Crippen LogP contribution in [0.5, 0.6) is 0 Å². The van der Waals surface area contributed by atoms with Gasteiger partial charge in [-0.3, -0.25) is 9.89 Å². The minimum atomic E-state index is -1.01. The van der Waals surface area contributed by atoms with Crippen LogP contribution in [0.3, 0.4) is 0 Å². The lowest BCUT2D eigenvalue weighted by atomic mass is 10.2. The number of anilines is 2. The fraction of sp³-hybridized carbons (Fsp3) is 0.0625. The number of aromatic nitrogens is 2. The van der Waals surface area contributed by atoms with Gasteiger partial charge in [-0.15, -0.1) is 0 Å². The lowest BCUT2D eigenvalue weighted by molar-refractivity contribution is -0.114. The zero-order valence-electron chi connectivity index (χ0n) is 12.3. The van der Waals surface area contributed by atoms with Gasteiger partial charge in [0.2, 0.25) is 5.91 Å². The van der Waals surface area contributed by atoms with Gasteiger partial charge in [0.05, 0.1) is 23.8 Å². The number of nitrogens with zero attached hydrogens (tertiary/aromatic N) is 1. The standard InChI is InChI=1S/C16H13BrN4O3/c17-10-5-13(12-7-19-21-14(12)6-10)18-8-15(22)20-11-3-1-9(2-4-11)16(23)24/h1-7,18H,8H2,(H,19,21)(H,20,22)(H,23,24). The molecule has 4 N–H and O–H groups in total. The van der Waals surface area contributed by atoms with Crippen LogP contribution in [0, 0.1) is 0 Å². The SMILES string of the molecule is O=C(CNc1cc(Br)cc2[nH]ncc12)Nc1ccc(C(=O)O)cc1. The summed E-state index contributed by atoms with van der Waals surface area (Å²) in [6, 6.07) is 9.75. The molecule has 8 heteroatoms. The highest BCUT2D eigenvalue weighted by Crippen LogP contribution is 2.26. The third-order valence-corrected chi connectivity index (χ3v) is 3.84. The molecule has 0 aliphatic carbocycles. The molecule has 2 aromatic carbocycles. The number of nitrogens with one attached hydrogen (secondary N) is 3. The summed E-state index contributed by atoms with van der Waals surface area (Å²) in [7, 11) is 0. The predicted octanol–water partition coefficient (Wildman–Crippen LogP) is 3.07. The van der Waals surface area contributed by atoms with Crippen LogP contribution < -0.4 is 10.6 Å². The maximum absolute atomic E-state index is 12.0. The second-order valence-corrected chi connectivity index (χ2v) is 5.98. The van der Waals surface area contributed by atoms with Gasteiger partial charge in [0, 0.05) is 21.2 Å². The number of hydrogen-bond acceptors (Lipinski definition) is 4. The molecule has 0 aliphatic rings. The van der Waals surface area contributed by atoms with Crippen LogP contribution in [0.15, 0.2) is 47.1 Å². The van der Waals surface area contributed by atoms with E-state index in [-0.39, 0.29) is 18.0 Å². The molecule has 1 aromatic heterocycles. The van der Waals surface area contributed by atoms with Gasteiger partial charge in [0.1, 0.15) is 0 Å². The molecule has 0 bridgehead atoms. The normalized spacial score (nSPS) is 10.5. The van der Waals surface area contributed by atoms with Crippen molar-refractivity contribution >= 4 is 50.1 Å². The van der Waals surface area contributed by atoms with Crippen LogP contribution in [0.2, 0.25) is 0 Å². The molecule has 1 amide bonds. The predicted molar refractivity (Wildman–Crippen MR) is 94.3 cm³/mol. The molecule has 0 aliphatic heterocycles. The number of hydrogen-bond donors (Lipinski definition) is 4. The number of carbonyl (C=O) groups is 2. The fourth-order valence-corrected chi connectivity index (χ4v) is 2.70. The molecule has 0 unspecified atom stereocenters. The van der Waals surface area contributed by atoms with Crippen molar-refractivity contribution in [2.45, 2.75) is 0 Å². The summed E-state index contributed by atoms with van der Waals surface area (Å²) in [4.78, 5) is 22.8. The van der Waals surface area contributed by atoms with Crippen LogP contribution in [-0.4, -0.2) is 33.7 Å². The third-order valence-electron chi connectivity index (χ3n) is 3.38. The highest BCUT2D eigenvalue weighted by atomic mass is 79.9. The molecule has 0 saturated heterocycles. The summed E-state index contributed by atoms with van der Waals surface area (Å²) in [5.41, 5.74) is 2.35. The molecular formula is C16H13BrN4O3. The first-order valence-corrected chi connectivity index (χ1v) is 7.82. The van der Waals surface area contributed by atoms with E-state index in [1.165, 1.54) is 12.1 Å². The third kappa shape index (κ3) is 3.54. The van der Waals surface area contributed by atoms with Crippen molar-refractivity contribution in [2.75, 3.05) is 17.2 Å². The number of carboxylic acids is 1. The van der Waals surface area contributed by atoms with E-state index in [9.17, 15) is 9.59 Å². The Kier molecular flexibility index (Phi) is 4.48. The Morgan fingerprint density at radius 2 is 1.96 bits per heavy atom. The maximum Gasteiger partial charge on any atom is 0.335 e. The molecule has 0 fully saturated rings. The van der Waals surface area contributed by atoms with Gasteiger partial charge in [-0.2, -0.15) is 5.10 Å². The second kappa shape index (κ2) is 6.71. The highest BCUT2D eigenvalue weighted by Gasteiger charge is 2.08. The zero-order chi connectivity index (χ0) is 17.1. The van der Waals surface area contributed by atoms with E-state index in [1.54, 1.807) is 18.3 Å². The summed E-state index contributed by atoms with van der Waals surface area (Å²) >= 11 is 3.41. The van der Waals surface area contributed by atoms with Gasteiger partial charge in [-0.1, -0.05) is 15.9 Å². The van der Waals surface area contributed by atoms with Crippen LogP contribution in [0.25, 0.3) is 10.9 Å². The minimum absolute atomic E-state index is 0.0669. The molecule has 3 rings (SSSR count). The summed E-state index contributed by atoms with van der Waals surface area (Å²) < 4.78 is 0.867. The summed E-state index contributed by atoms with van der Waals surface area (Å²) in [5.74, 6) is -1.25. The molecule has 0 radical (unpaired) electrons. The van der Waals surface area contributed by atoms with Crippen LogP contribution in [-0.2, 0) is 4.79 Å². The van der Waals surface area contributed by atoms with E-state index in [0.717, 1.165) is 21.1 Å². The first-order valence-electron chi connectivity index (χ1n) is 7.02. The Morgan fingerprint density at radius 1 is 1.21 bits per heavy atom. The van der Waals surface area contributed by atoms with E-state index in [4.69, 9.17) is 5.11 Å². The number of aromatic amines is 1. The topological polar surface area (TPSA) is 107 Å². The molecule has 7 nitrogen and oxygen atoms in total. The molecular weight excluding hydrogens is 376 g/mol. The van der Waals surface area contributed by atoms with Gasteiger partial charge >= 0.3 is 5.97 Å². The molecule has 0 saturated carbocycles. The van der Waals surface area contributed by atoms with Crippen LogP contribution >= 0.6 is 15.9 Å². The minimum Gasteiger partial charge on any atom is -0.478 e. The van der Waals surface area contributed by atoms with E-state index in [2.05, 4.69) is 36.8 Å². The molecule has 0 spiro atoms. The maximum atomic E-state index is 12.0. The Hall–Kier alpha value is -2.87. The van der Waals surface area contributed by atoms with Crippen molar-refractivity contribution in [3.05, 3.63) is 52.6 Å². The summed E-state index contributed by atoms with van der Waals surface area (Å²) in [6.07, 6.45) is 1.69. The molecule has 122 valence electrons. The molecule has 3 aromatic rings. The number of amides is 1.